The highest BCUT2D eigenvalue weighted by molar-refractivity contribution is 5.87. The molecule has 2 heterocycles. The van der Waals surface area contributed by atoms with Crippen LogP contribution in [0.2, 0.25) is 0 Å². The Kier molecular flexibility index (Phi) is 8.34. The maximum atomic E-state index is 13.4. The fourth-order valence-electron chi connectivity index (χ4n) is 5.33. The summed E-state index contributed by atoms with van der Waals surface area (Å²) < 4.78 is 39.8. The maximum absolute atomic E-state index is 13.4. The number of carbonyl (C=O) groups excluding carboxylic acids is 2. The average molecular weight is 502 g/mol. The second-order valence-corrected chi connectivity index (χ2v) is 9.85. The summed E-state index contributed by atoms with van der Waals surface area (Å²) >= 11 is 0. The Morgan fingerprint density at radius 3 is 2.50 bits per heavy atom. The van der Waals surface area contributed by atoms with E-state index in [9.17, 15) is 22.8 Å². The Labute approximate surface area is 210 Å². The molecular formula is C28H34F3N3O2. The largest absolute Gasteiger partial charge is 0.416 e. The summed E-state index contributed by atoms with van der Waals surface area (Å²) in [4.78, 5) is 32.3. The lowest BCUT2D eigenvalue weighted by Crippen LogP contribution is -2.59. The SMILES string of the molecule is CCN1CCCC(C(=O)N2CC(=O)N(Cc3cccc(C(F)(F)F)c3)[C@@H](CCc3ccccc3)C2)C1. The van der Waals surface area contributed by atoms with Gasteiger partial charge in [-0.05, 0) is 62.0 Å². The Bertz CT molecular complexity index is 1040. The van der Waals surface area contributed by atoms with Crippen molar-refractivity contribution in [3.63, 3.8) is 0 Å². The molecule has 5 nitrogen and oxygen atoms in total. The minimum absolute atomic E-state index is 0.0185. The van der Waals surface area contributed by atoms with E-state index in [1.807, 2.05) is 30.3 Å². The molecule has 8 heteroatoms. The van der Waals surface area contributed by atoms with E-state index < -0.39 is 11.7 Å². The van der Waals surface area contributed by atoms with E-state index in [0.717, 1.165) is 43.6 Å². The van der Waals surface area contributed by atoms with Crippen molar-refractivity contribution in [1.29, 1.82) is 0 Å². The first kappa shape index (κ1) is 26.2. The van der Waals surface area contributed by atoms with Crippen molar-refractivity contribution in [3.05, 3.63) is 71.3 Å². The van der Waals surface area contributed by atoms with Gasteiger partial charge in [0.1, 0.15) is 0 Å². The van der Waals surface area contributed by atoms with E-state index in [1.54, 1.807) is 15.9 Å². The summed E-state index contributed by atoms with van der Waals surface area (Å²) in [6.45, 7) is 5.15. The van der Waals surface area contributed by atoms with Gasteiger partial charge in [0.15, 0.2) is 0 Å². The summed E-state index contributed by atoms with van der Waals surface area (Å²) in [5.74, 6) is -0.311. The number of amides is 2. The van der Waals surface area contributed by atoms with E-state index in [1.165, 1.54) is 6.07 Å². The molecule has 0 bridgehead atoms. The van der Waals surface area contributed by atoms with Gasteiger partial charge in [0, 0.05) is 19.6 Å². The molecular weight excluding hydrogens is 467 g/mol. The summed E-state index contributed by atoms with van der Waals surface area (Å²) in [5, 5.41) is 0. The summed E-state index contributed by atoms with van der Waals surface area (Å²) in [6, 6.07) is 14.8. The number of aryl methyl sites for hydroxylation is 1. The predicted octanol–water partition coefficient (Wildman–Crippen LogP) is 4.61. The number of nitrogens with zero attached hydrogens (tertiary/aromatic N) is 3. The molecule has 1 unspecified atom stereocenters. The average Bonchev–Trinajstić information content (AvgIpc) is 2.88. The highest BCUT2D eigenvalue weighted by Crippen LogP contribution is 2.30. The van der Waals surface area contributed by atoms with Crippen LogP contribution in [0, 0.1) is 5.92 Å². The van der Waals surface area contributed by atoms with Gasteiger partial charge in [-0.2, -0.15) is 13.2 Å². The maximum Gasteiger partial charge on any atom is 0.416 e. The molecule has 0 aliphatic carbocycles. The third-order valence-corrected chi connectivity index (χ3v) is 7.35. The molecule has 4 rings (SSSR count). The van der Waals surface area contributed by atoms with Crippen molar-refractivity contribution in [2.45, 2.75) is 51.4 Å². The number of rotatable bonds is 7. The summed E-state index contributed by atoms with van der Waals surface area (Å²) in [6.07, 6.45) is -1.31. The zero-order chi connectivity index (χ0) is 25.7. The number of piperazine rings is 1. The van der Waals surface area contributed by atoms with Crippen LogP contribution >= 0.6 is 0 Å². The van der Waals surface area contributed by atoms with E-state index in [2.05, 4.69) is 11.8 Å². The number of benzene rings is 2. The fraction of sp³-hybridized carbons (Fsp3) is 0.500. The molecule has 0 aromatic heterocycles. The number of hydrogen-bond donors (Lipinski definition) is 0. The highest BCUT2D eigenvalue weighted by atomic mass is 19.4. The van der Waals surface area contributed by atoms with E-state index in [4.69, 9.17) is 0 Å². The molecule has 36 heavy (non-hydrogen) atoms. The second kappa shape index (κ2) is 11.5. The molecule has 2 fully saturated rings. The number of alkyl halides is 3. The summed E-state index contributed by atoms with van der Waals surface area (Å²) in [7, 11) is 0. The molecule has 2 aliphatic rings. The molecule has 2 saturated heterocycles. The van der Waals surface area contributed by atoms with Crippen molar-refractivity contribution >= 4 is 11.8 Å². The molecule has 2 atom stereocenters. The highest BCUT2D eigenvalue weighted by Gasteiger charge is 2.38. The van der Waals surface area contributed by atoms with E-state index in [-0.39, 0.29) is 36.9 Å². The van der Waals surface area contributed by atoms with Gasteiger partial charge in [-0.1, -0.05) is 49.4 Å². The van der Waals surface area contributed by atoms with Gasteiger partial charge in [0.05, 0.1) is 24.1 Å². The van der Waals surface area contributed by atoms with Crippen LogP contribution in [0.15, 0.2) is 54.6 Å². The third kappa shape index (κ3) is 6.46. The first-order chi connectivity index (χ1) is 17.2. The van der Waals surface area contributed by atoms with Crippen molar-refractivity contribution in [2.75, 3.05) is 32.7 Å². The molecule has 0 saturated carbocycles. The van der Waals surface area contributed by atoms with Gasteiger partial charge < -0.3 is 14.7 Å². The van der Waals surface area contributed by atoms with Crippen LogP contribution in [0.5, 0.6) is 0 Å². The Morgan fingerprint density at radius 2 is 1.78 bits per heavy atom. The molecule has 0 radical (unpaired) electrons. The number of likely N-dealkylation sites (tertiary alicyclic amines) is 1. The fourth-order valence-corrected chi connectivity index (χ4v) is 5.33. The number of hydrogen-bond acceptors (Lipinski definition) is 3. The van der Waals surface area contributed by atoms with Gasteiger partial charge in [0.25, 0.3) is 0 Å². The molecule has 0 spiro atoms. The Hall–Kier alpha value is -2.87. The lowest BCUT2D eigenvalue weighted by Gasteiger charge is -2.43. The van der Waals surface area contributed by atoms with Crippen LogP contribution in [0.25, 0.3) is 0 Å². The number of piperidine rings is 1. The zero-order valence-electron chi connectivity index (χ0n) is 20.7. The number of carbonyl (C=O) groups is 2. The van der Waals surface area contributed by atoms with Crippen LogP contribution in [0.3, 0.4) is 0 Å². The topological polar surface area (TPSA) is 43.9 Å². The first-order valence-electron chi connectivity index (χ1n) is 12.7. The number of halogens is 3. The smallest absolute Gasteiger partial charge is 0.332 e. The molecule has 0 N–H and O–H groups in total. The van der Waals surface area contributed by atoms with Crippen molar-refractivity contribution < 1.29 is 22.8 Å². The monoisotopic (exact) mass is 501 g/mol. The molecule has 2 aromatic carbocycles. The predicted molar refractivity (Wildman–Crippen MR) is 132 cm³/mol. The minimum atomic E-state index is -4.44. The van der Waals surface area contributed by atoms with Gasteiger partial charge in [-0.15, -0.1) is 0 Å². The Balaban J connectivity index is 1.52. The van der Waals surface area contributed by atoms with E-state index >= 15 is 0 Å². The van der Waals surface area contributed by atoms with Crippen LogP contribution in [0.4, 0.5) is 13.2 Å². The normalized spacial score (nSPS) is 21.6. The van der Waals surface area contributed by atoms with E-state index in [0.29, 0.717) is 31.5 Å². The van der Waals surface area contributed by atoms with Crippen LogP contribution < -0.4 is 0 Å². The quantitative estimate of drug-likeness (QED) is 0.557. The van der Waals surface area contributed by atoms with Gasteiger partial charge in [-0.25, -0.2) is 0 Å². The van der Waals surface area contributed by atoms with Crippen molar-refractivity contribution in [3.8, 4) is 0 Å². The Morgan fingerprint density at radius 1 is 1.03 bits per heavy atom. The van der Waals surface area contributed by atoms with Gasteiger partial charge in [-0.3, -0.25) is 9.59 Å². The van der Waals surface area contributed by atoms with Crippen LogP contribution in [-0.4, -0.2) is 65.3 Å². The molecule has 194 valence electrons. The summed E-state index contributed by atoms with van der Waals surface area (Å²) in [5.41, 5.74) is 0.840. The van der Waals surface area contributed by atoms with Crippen molar-refractivity contribution in [2.24, 2.45) is 5.92 Å². The standard InChI is InChI=1S/C28H34F3N3O2/c1-2-32-15-7-11-23(18-32)27(36)33-19-25(14-13-21-8-4-3-5-9-21)34(26(35)20-33)17-22-10-6-12-24(16-22)28(29,30)31/h3-6,8-10,12,16,23,25H,2,7,11,13-15,17-20H2,1H3/t23?,25-/m0/s1. The van der Waals surface area contributed by atoms with Crippen LogP contribution in [-0.2, 0) is 28.7 Å². The third-order valence-electron chi connectivity index (χ3n) is 7.35. The minimum Gasteiger partial charge on any atom is -0.332 e. The first-order valence-corrected chi connectivity index (χ1v) is 12.7. The van der Waals surface area contributed by atoms with Gasteiger partial charge >= 0.3 is 6.18 Å². The molecule has 2 aromatic rings. The second-order valence-electron chi connectivity index (χ2n) is 9.85. The molecule has 2 amide bonds. The lowest BCUT2D eigenvalue weighted by atomic mass is 9.94. The van der Waals surface area contributed by atoms with Gasteiger partial charge in [0.2, 0.25) is 11.8 Å². The lowest BCUT2D eigenvalue weighted by molar-refractivity contribution is -0.152. The van der Waals surface area contributed by atoms with Crippen LogP contribution in [0.1, 0.15) is 42.9 Å². The van der Waals surface area contributed by atoms with Crippen molar-refractivity contribution in [1.82, 2.24) is 14.7 Å². The zero-order valence-corrected chi connectivity index (χ0v) is 20.7. The molecule has 2 aliphatic heterocycles.